The van der Waals surface area contributed by atoms with Gasteiger partial charge in [0.05, 0.1) is 0 Å². The summed E-state index contributed by atoms with van der Waals surface area (Å²) in [5.74, 6) is 0. The van der Waals surface area contributed by atoms with Gasteiger partial charge in [-0.15, -0.1) is 36.3 Å². The van der Waals surface area contributed by atoms with Crippen LogP contribution in [0.2, 0.25) is 0 Å². The van der Waals surface area contributed by atoms with Crippen LogP contribution in [-0.4, -0.2) is 60.7 Å². The van der Waals surface area contributed by atoms with E-state index in [0.29, 0.717) is 19.3 Å². The molecule has 0 saturated carbocycles. The Bertz CT molecular complexity index is 532. The summed E-state index contributed by atoms with van der Waals surface area (Å²) < 4.78 is 77.3. The second kappa shape index (κ2) is 20.9. The third-order valence-corrected chi connectivity index (χ3v) is 5.76. The Kier molecular flexibility index (Phi) is 23.4. The normalized spacial score (nSPS) is 17.4. The molecule has 0 aromatic rings. The van der Waals surface area contributed by atoms with E-state index in [9.17, 15) is 26.3 Å². The number of alkyl halides is 6. The molecule has 0 fully saturated rings. The van der Waals surface area contributed by atoms with E-state index in [2.05, 4.69) is 21.3 Å². The summed E-state index contributed by atoms with van der Waals surface area (Å²) >= 11 is 0. The Morgan fingerprint density at radius 2 is 0.811 bits per heavy atom. The largest absolute Gasteiger partial charge is 0.657 e. The van der Waals surface area contributed by atoms with Gasteiger partial charge in [-0.2, -0.15) is 26.3 Å². The Hall–Kier alpha value is 0.0434. The van der Waals surface area contributed by atoms with E-state index in [1.807, 2.05) is 48.5 Å². The molecule has 0 aliphatic heterocycles. The van der Waals surface area contributed by atoms with Crippen molar-refractivity contribution in [2.45, 2.75) is 168 Å². The maximum Gasteiger partial charge on any atom is 0.373 e. The zero-order valence-corrected chi connectivity index (χ0v) is 27.6. The third-order valence-electron chi connectivity index (χ3n) is 5.76. The molecule has 0 aliphatic carbocycles. The molecule has 0 amide bonds. The average molecular weight is 598 g/mol. The molecule has 0 aromatic heterocycles. The van der Waals surface area contributed by atoms with Crippen molar-refractivity contribution in [1.82, 2.24) is 0 Å². The Morgan fingerprint density at radius 3 is 1.11 bits per heavy atom. The molecule has 0 aliphatic rings. The first-order valence-electron chi connectivity index (χ1n) is 13.3. The summed E-state index contributed by atoms with van der Waals surface area (Å²) in [4.78, 5) is 0. The van der Waals surface area contributed by atoms with Crippen LogP contribution in [0.15, 0.2) is 0 Å². The minimum absolute atomic E-state index is 0. The van der Waals surface area contributed by atoms with Crippen LogP contribution >= 0.6 is 0 Å². The molecule has 0 saturated heterocycles. The standard InChI is InChI=1S/C14H27F3N2.C12H23F3N2.Zn/c1-6-10(4)18-12(8-3)9-13(14(15,16)17)19-11(5)7-2;1-6-10(16-8(2)3)7-11(12(13,14)15)17-9(4)5;/h10-13H,6-9H2,1-5H3;8-11H,6-7H2,1-5H3;/q2*-2;. The fraction of sp³-hybridized carbons (Fsp3) is 1.00. The van der Waals surface area contributed by atoms with Crippen molar-refractivity contribution in [3.05, 3.63) is 21.3 Å². The van der Waals surface area contributed by atoms with Crippen molar-refractivity contribution < 1.29 is 45.8 Å². The van der Waals surface area contributed by atoms with Gasteiger partial charge in [-0.25, -0.2) is 0 Å². The predicted molar refractivity (Wildman–Crippen MR) is 140 cm³/mol. The van der Waals surface area contributed by atoms with Crippen molar-refractivity contribution in [1.29, 1.82) is 0 Å². The molecule has 6 atom stereocenters. The van der Waals surface area contributed by atoms with Crippen molar-refractivity contribution in [3.8, 4) is 0 Å². The first kappa shape index (κ1) is 41.5. The van der Waals surface area contributed by atoms with Gasteiger partial charge in [0.1, 0.15) is 0 Å². The van der Waals surface area contributed by atoms with Crippen LogP contribution in [0.4, 0.5) is 26.3 Å². The van der Waals surface area contributed by atoms with Crippen molar-refractivity contribution >= 4 is 0 Å². The summed E-state index contributed by atoms with van der Waals surface area (Å²) in [5, 5.41) is 16.4. The average Bonchev–Trinajstić information content (AvgIpc) is 2.75. The van der Waals surface area contributed by atoms with E-state index in [1.165, 1.54) is 0 Å². The molecule has 0 rings (SSSR count). The quantitative estimate of drug-likeness (QED) is 0.126. The second-order valence-corrected chi connectivity index (χ2v) is 10.0. The molecule has 4 nitrogen and oxygen atoms in total. The Balaban J connectivity index is -0.000000612. The Labute approximate surface area is 235 Å². The topological polar surface area (TPSA) is 56.4 Å². The van der Waals surface area contributed by atoms with Crippen LogP contribution < -0.4 is 0 Å². The fourth-order valence-electron chi connectivity index (χ4n) is 3.40. The van der Waals surface area contributed by atoms with E-state index in [4.69, 9.17) is 0 Å². The Morgan fingerprint density at radius 1 is 0.486 bits per heavy atom. The molecule has 0 bridgehead atoms. The molecular formula is C26H50F6N4Zn-4. The fourth-order valence-corrected chi connectivity index (χ4v) is 3.40. The van der Waals surface area contributed by atoms with Gasteiger partial charge in [0.25, 0.3) is 0 Å². The monoisotopic (exact) mass is 596 g/mol. The molecule has 37 heavy (non-hydrogen) atoms. The van der Waals surface area contributed by atoms with Crippen LogP contribution in [0, 0.1) is 0 Å². The molecule has 0 N–H and O–H groups in total. The maximum absolute atomic E-state index is 13.0. The molecule has 0 heterocycles. The summed E-state index contributed by atoms with van der Waals surface area (Å²) in [5.41, 5.74) is 0. The van der Waals surface area contributed by atoms with E-state index >= 15 is 0 Å². The minimum atomic E-state index is -4.26. The summed E-state index contributed by atoms with van der Waals surface area (Å²) in [6, 6.07) is -4.07. The molecule has 0 aromatic carbocycles. The van der Waals surface area contributed by atoms with Gasteiger partial charge in [0.2, 0.25) is 0 Å². The number of halogens is 6. The van der Waals surface area contributed by atoms with Crippen molar-refractivity contribution in [3.63, 3.8) is 0 Å². The number of hydrogen-bond donors (Lipinski definition) is 0. The van der Waals surface area contributed by atoms with E-state index in [-0.39, 0.29) is 68.6 Å². The van der Waals surface area contributed by atoms with Gasteiger partial charge in [0.15, 0.2) is 0 Å². The van der Waals surface area contributed by atoms with Crippen LogP contribution in [-0.2, 0) is 19.5 Å². The van der Waals surface area contributed by atoms with Crippen LogP contribution in [0.3, 0.4) is 0 Å². The molecular weight excluding hydrogens is 548 g/mol. The van der Waals surface area contributed by atoms with Gasteiger partial charge >= 0.3 is 12.4 Å². The summed E-state index contributed by atoms with van der Waals surface area (Å²) in [6.45, 7) is 18.3. The molecule has 11 heteroatoms. The van der Waals surface area contributed by atoms with E-state index in [1.54, 1.807) is 20.8 Å². The first-order chi connectivity index (χ1) is 16.4. The van der Waals surface area contributed by atoms with Crippen LogP contribution in [0.1, 0.15) is 108 Å². The SMILES string of the molecule is CCC(C)[N-]C(CC)CC([N-]C(C)CC)C(F)(F)F.CCC(CC([N-]C(C)C)C(F)(F)F)[N-]C(C)C.[Zn]. The smallest absolute Gasteiger partial charge is 0.373 e. The summed E-state index contributed by atoms with van der Waals surface area (Å²) in [6.07, 6.45) is -5.83. The second-order valence-electron chi connectivity index (χ2n) is 10.0. The van der Waals surface area contributed by atoms with Gasteiger partial charge in [-0.3, -0.25) is 0 Å². The van der Waals surface area contributed by atoms with Gasteiger partial charge < -0.3 is 21.3 Å². The van der Waals surface area contributed by atoms with E-state index < -0.39 is 24.4 Å². The van der Waals surface area contributed by atoms with Gasteiger partial charge in [-0.05, 0) is 12.1 Å². The zero-order valence-electron chi connectivity index (χ0n) is 24.6. The predicted octanol–water partition coefficient (Wildman–Crippen LogP) is 10.1. The van der Waals surface area contributed by atoms with E-state index in [0.717, 1.165) is 6.42 Å². The van der Waals surface area contributed by atoms with Crippen LogP contribution in [0.5, 0.6) is 0 Å². The minimum Gasteiger partial charge on any atom is -0.657 e. The number of rotatable bonds is 16. The first-order valence-corrected chi connectivity index (χ1v) is 13.3. The molecule has 6 unspecified atom stereocenters. The number of hydrogen-bond acceptors (Lipinski definition) is 0. The third kappa shape index (κ3) is 21.5. The zero-order chi connectivity index (χ0) is 28.7. The van der Waals surface area contributed by atoms with Crippen molar-refractivity contribution in [2.75, 3.05) is 0 Å². The number of nitrogens with zero attached hydrogens (tertiary/aromatic N) is 4. The maximum atomic E-state index is 13.0. The van der Waals surface area contributed by atoms with Gasteiger partial charge in [0, 0.05) is 19.5 Å². The summed E-state index contributed by atoms with van der Waals surface area (Å²) in [7, 11) is 0. The van der Waals surface area contributed by atoms with Gasteiger partial charge in [-0.1, -0.05) is 108 Å². The molecule has 222 valence electrons. The molecule has 0 spiro atoms. The van der Waals surface area contributed by atoms with Crippen LogP contribution in [0.25, 0.3) is 21.3 Å². The molecule has 0 radical (unpaired) electrons. The van der Waals surface area contributed by atoms with Crippen molar-refractivity contribution in [2.24, 2.45) is 0 Å².